The number of aliphatic hydroxyl groups excluding tert-OH is 1. The van der Waals surface area contributed by atoms with Gasteiger partial charge in [0.1, 0.15) is 6.10 Å². The maximum atomic E-state index is 10.3. The summed E-state index contributed by atoms with van der Waals surface area (Å²) in [5.41, 5.74) is 0. The van der Waals surface area contributed by atoms with E-state index in [1.165, 1.54) is 0 Å². The maximum absolute atomic E-state index is 10.3. The van der Waals surface area contributed by atoms with Crippen molar-refractivity contribution in [1.82, 2.24) is 0 Å². The number of hydrogen-bond acceptors (Lipinski definition) is 6. The van der Waals surface area contributed by atoms with Crippen molar-refractivity contribution in [2.45, 2.75) is 12.5 Å². The molecule has 1 unspecified atom stereocenters. The van der Waals surface area contributed by atoms with Crippen LogP contribution in [0, 0.1) is 0 Å². The van der Waals surface area contributed by atoms with Crippen molar-refractivity contribution in [3.05, 3.63) is 0 Å². The van der Waals surface area contributed by atoms with Gasteiger partial charge in [-0.3, -0.25) is 9.63 Å². The van der Waals surface area contributed by atoms with Gasteiger partial charge in [-0.2, -0.15) is 5.90 Å². The smallest absolute Gasteiger partial charge is 0.327 e. The summed E-state index contributed by atoms with van der Waals surface area (Å²) in [6.07, 6.45) is -0.889. The molecule has 0 rings (SSSR count). The third kappa shape index (κ3) is 3.36. The fourth-order valence-corrected chi connectivity index (χ4v) is 0.390. The van der Waals surface area contributed by atoms with Gasteiger partial charge in [0.25, 0.3) is 0 Å². The van der Waals surface area contributed by atoms with Crippen LogP contribution >= 0.6 is 0 Å². The predicted octanol–water partition coefficient (Wildman–Crippen LogP) is -1.96. The SMILES string of the molecule is NOC(=O)CC(CO)ON. The Hall–Kier alpha value is -0.690. The average Bonchev–Trinajstić information content (AvgIpc) is 1.99. The molecule has 0 aromatic heterocycles. The van der Waals surface area contributed by atoms with Crippen LogP contribution in [0.25, 0.3) is 0 Å². The first kappa shape index (κ1) is 9.31. The summed E-state index contributed by atoms with van der Waals surface area (Å²) in [6, 6.07) is 0. The second kappa shape index (κ2) is 5.12. The van der Waals surface area contributed by atoms with Crippen molar-refractivity contribution in [3.8, 4) is 0 Å². The lowest BCUT2D eigenvalue weighted by Crippen LogP contribution is -2.26. The van der Waals surface area contributed by atoms with E-state index in [0.717, 1.165) is 0 Å². The Bertz CT molecular complexity index is 103. The van der Waals surface area contributed by atoms with Crippen molar-refractivity contribution < 1.29 is 19.6 Å². The first-order valence-electron chi connectivity index (χ1n) is 2.60. The molecule has 0 amide bonds. The zero-order valence-corrected chi connectivity index (χ0v) is 5.32. The second-order valence-corrected chi connectivity index (χ2v) is 1.63. The molecule has 0 aromatic rings. The molecule has 0 aliphatic carbocycles. The number of aliphatic hydroxyl groups is 1. The number of carbonyl (C=O) groups excluding carboxylic acids is 1. The molecule has 6 nitrogen and oxygen atoms in total. The first-order chi connectivity index (χ1) is 4.74. The molecule has 0 fully saturated rings. The Morgan fingerprint density at radius 1 is 1.60 bits per heavy atom. The highest BCUT2D eigenvalue weighted by atomic mass is 16.7. The molecule has 1 atom stereocenters. The van der Waals surface area contributed by atoms with Crippen LogP contribution in [0.2, 0.25) is 0 Å². The van der Waals surface area contributed by atoms with Gasteiger partial charge in [-0.15, -0.1) is 0 Å². The van der Waals surface area contributed by atoms with Crippen LogP contribution in [0.1, 0.15) is 6.42 Å². The van der Waals surface area contributed by atoms with Gasteiger partial charge in [0.05, 0.1) is 13.0 Å². The molecule has 0 aromatic carbocycles. The molecule has 0 aliphatic rings. The quantitative estimate of drug-likeness (QED) is 0.402. The maximum Gasteiger partial charge on any atom is 0.327 e. The van der Waals surface area contributed by atoms with Crippen LogP contribution < -0.4 is 11.8 Å². The molecule has 0 saturated carbocycles. The summed E-state index contributed by atoms with van der Waals surface area (Å²) in [4.78, 5) is 18.3. The van der Waals surface area contributed by atoms with Crippen molar-refractivity contribution in [1.29, 1.82) is 0 Å². The molecule has 0 spiro atoms. The molecule has 0 heterocycles. The Labute approximate surface area is 57.6 Å². The lowest BCUT2D eigenvalue weighted by molar-refractivity contribution is -0.148. The van der Waals surface area contributed by atoms with E-state index in [9.17, 15) is 4.79 Å². The summed E-state index contributed by atoms with van der Waals surface area (Å²) in [5, 5.41) is 8.42. The van der Waals surface area contributed by atoms with Gasteiger partial charge in [0, 0.05) is 0 Å². The molecule has 60 valence electrons. The zero-order chi connectivity index (χ0) is 7.98. The normalized spacial score (nSPS) is 12.7. The highest BCUT2D eigenvalue weighted by molar-refractivity contribution is 5.69. The van der Waals surface area contributed by atoms with Gasteiger partial charge in [-0.25, -0.2) is 5.90 Å². The van der Waals surface area contributed by atoms with E-state index >= 15 is 0 Å². The van der Waals surface area contributed by atoms with Gasteiger partial charge in [-0.1, -0.05) is 0 Å². The van der Waals surface area contributed by atoms with Crippen LogP contribution in [0.3, 0.4) is 0 Å². The topological polar surface area (TPSA) is 108 Å². The highest BCUT2D eigenvalue weighted by Crippen LogP contribution is 1.94. The summed E-state index contributed by atoms with van der Waals surface area (Å²) >= 11 is 0. The lowest BCUT2D eigenvalue weighted by Gasteiger charge is -2.07. The van der Waals surface area contributed by atoms with Crippen molar-refractivity contribution in [2.75, 3.05) is 6.61 Å². The minimum Gasteiger partial charge on any atom is -0.394 e. The van der Waals surface area contributed by atoms with E-state index in [1.54, 1.807) is 0 Å². The number of rotatable bonds is 4. The highest BCUT2D eigenvalue weighted by Gasteiger charge is 2.12. The fourth-order valence-electron chi connectivity index (χ4n) is 0.390. The summed E-state index contributed by atoms with van der Waals surface area (Å²) in [7, 11) is 0. The minimum atomic E-state index is -0.740. The summed E-state index contributed by atoms with van der Waals surface area (Å²) in [6.45, 7) is -0.342. The molecule has 6 heteroatoms. The molecule has 0 aliphatic heterocycles. The minimum absolute atomic E-state index is 0.149. The van der Waals surface area contributed by atoms with Gasteiger partial charge in [-0.05, 0) is 0 Å². The largest absolute Gasteiger partial charge is 0.394 e. The van der Waals surface area contributed by atoms with Crippen LogP contribution in [0.4, 0.5) is 0 Å². The monoisotopic (exact) mass is 150 g/mol. The van der Waals surface area contributed by atoms with Gasteiger partial charge >= 0.3 is 5.97 Å². The Kier molecular flexibility index (Phi) is 4.77. The molecule has 5 N–H and O–H groups in total. The van der Waals surface area contributed by atoms with Gasteiger partial charge in [0.2, 0.25) is 0 Å². The summed E-state index contributed by atoms with van der Waals surface area (Å²) in [5.74, 6) is 8.50. The van der Waals surface area contributed by atoms with Crippen LogP contribution in [0.5, 0.6) is 0 Å². The van der Waals surface area contributed by atoms with E-state index in [1.807, 2.05) is 0 Å². The van der Waals surface area contributed by atoms with Gasteiger partial charge in [0.15, 0.2) is 0 Å². The third-order valence-electron chi connectivity index (χ3n) is 0.922. The van der Waals surface area contributed by atoms with Crippen LogP contribution in [-0.4, -0.2) is 23.8 Å². The standard InChI is InChI=1S/C4H10N2O4/c5-9-3(2-7)1-4(8)10-6/h3,7H,1-2,5-6H2. The number of nitrogens with two attached hydrogens (primary N) is 2. The molecule has 10 heavy (non-hydrogen) atoms. The second-order valence-electron chi connectivity index (χ2n) is 1.63. The first-order valence-corrected chi connectivity index (χ1v) is 2.60. The lowest BCUT2D eigenvalue weighted by atomic mass is 10.3. The van der Waals surface area contributed by atoms with Crippen molar-refractivity contribution >= 4 is 5.97 Å². The third-order valence-corrected chi connectivity index (χ3v) is 0.922. The zero-order valence-electron chi connectivity index (χ0n) is 5.32. The average molecular weight is 150 g/mol. The Balaban J connectivity index is 3.52. The Morgan fingerprint density at radius 2 is 2.20 bits per heavy atom. The molecule has 0 saturated heterocycles. The van der Waals surface area contributed by atoms with Crippen molar-refractivity contribution in [3.63, 3.8) is 0 Å². The van der Waals surface area contributed by atoms with E-state index in [-0.39, 0.29) is 13.0 Å². The number of carbonyl (C=O) groups is 1. The molecule has 0 bridgehead atoms. The molecule has 0 radical (unpaired) electrons. The Morgan fingerprint density at radius 3 is 2.50 bits per heavy atom. The predicted molar refractivity (Wildman–Crippen MR) is 31.0 cm³/mol. The number of hydrogen-bond donors (Lipinski definition) is 3. The van der Waals surface area contributed by atoms with E-state index in [2.05, 4.69) is 21.5 Å². The van der Waals surface area contributed by atoms with Gasteiger partial charge < -0.3 is 9.94 Å². The van der Waals surface area contributed by atoms with E-state index in [0.29, 0.717) is 0 Å². The fraction of sp³-hybridized carbons (Fsp3) is 0.750. The van der Waals surface area contributed by atoms with E-state index in [4.69, 9.17) is 5.11 Å². The summed E-state index contributed by atoms with van der Waals surface area (Å²) < 4.78 is 0. The molecular weight excluding hydrogens is 140 g/mol. The van der Waals surface area contributed by atoms with Crippen LogP contribution in [0.15, 0.2) is 0 Å². The molecular formula is C4H10N2O4. The van der Waals surface area contributed by atoms with Crippen LogP contribution in [-0.2, 0) is 14.5 Å². The van der Waals surface area contributed by atoms with Crippen molar-refractivity contribution in [2.24, 2.45) is 11.8 Å². The van der Waals surface area contributed by atoms with E-state index < -0.39 is 12.1 Å².